The van der Waals surface area contributed by atoms with E-state index < -0.39 is 17.8 Å². The number of halogens is 1. The number of ether oxygens (including phenoxy) is 3. The quantitative estimate of drug-likeness (QED) is 0.393. The number of esters is 1. The Kier molecular flexibility index (Phi) is 6.31. The first-order valence-corrected chi connectivity index (χ1v) is 9.05. The zero-order valence-corrected chi connectivity index (χ0v) is 16.6. The van der Waals surface area contributed by atoms with E-state index >= 15 is 0 Å². The van der Waals surface area contributed by atoms with E-state index in [9.17, 15) is 14.4 Å². The van der Waals surface area contributed by atoms with Crippen LogP contribution in [0.5, 0.6) is 5.75 Å². The summed E-state index contributed by atoms with van der Waals surface area (Å²) in [6.07, 6.45) is 0. The number of hydrogen-bond acceptors (Lipinski definition) is 6. The molecule has 1 aliphatic rings. The van der Waals surface area contributed by atoms with E-state index in [4.69, 9.17) is 25.8 Å². The summed E-state index contributed by atoms with van der Waals surface area (Å²) in [5.74, 6) is -1.32. The van der Waals surface area contributed by atoms with Crippen molar-refractivity contribution in [2.24, 2.45) is 0 Å². The van der Waals surface area contributed by atoms with Gasteiger partial charge in [0.25, 0.3) is 11.8 Å². The first-order valence-electron chi connectivity index (χ1n) is 8.67. The van der Waals surface area contributed by atoms with Gasteiger partial charge in [-0.15, -0.1) is 0 Å². The van der Waals surface area contributed by atoms with Crippen LogP contribution in [0.4, 0.5) is 5.69 Å². The average molecular weight is 416 g/mol. The molecule has 7 nitrogen and oxygen atoms in total. The summed E-state index contributed by atoms with van der Waals surface area (Å²) >= 11 is 6.21. The Balaban J connectivity index is 1.85. The van der Waals surface area contributed by atoms with E-state index in [1.54, 1.807) is 24.3 Å². The second kappa shape index (κ2) is 8.89. The van der Waals surface area contributed by atoms with E-state index in [0.29, 0.717) is 11.3 Å². The number of benzene rings is 2. The highest BCUT2D eigenvalue weighted by molar-refractivity contribution is 6.60. The van der Waals surface area contributed by atoms with Gasteiger partial charge in [0.05, 0.1) is 30.5 Å². The zero-order valence-electron chi connectivity index (χ0n) is 15.8. The smallest absolute Gasteiger partial charge is 0.338 e. The van der Waals surface area contributed by atoms with Crippen molar-refractivity contribution in [2.75, 3.05) is 32.3 Å². The predicted octanol–water partition coefficient (Wildman–Crippen LogP) is 3.02. The molecular weight excluding hydrogens is 398 g/mol. The lowest BCUT2D eigenvalue weighted by atomic mass is 10.0. The van der Waals surface area contributed by atoms with Gasteiger partial charge in [-0.2, -0.15) is 0 Å². The lowest BCUT2D eigenvalue weighted by Crippen LogP contribution is -2.31. The van der Waals surface area contributed by atoms with E-state index in [0.717, 1.165) is 4.90 Å². The molecule has 0 atom stereocenters. The highest BCUT2D eigenvalue weighted by atomic mass is 35.5. The summed E-state index contributed by atoms with van der Waals surface area (Å²) in [7, 11) is 2.97. The van der Waals surface area contributed by atoms with Crippen LogP contribution < -0.4 is 9.64 Å². The molecule has 8 heteroatoms. The molecule has 2 aromatic rings. The second-order valence-corrected chi connectivity index (χ2v) is 6.39. The maximum Gasteiger partial charge on any atom is 0.338 e. The van der Waals surface area contributed by atoms with Crippen LogP contribution in [0.25, 0.3) is 5.57 Å². The highest BCUT2D eigenvalue weighted by Gasteiger charge is 2.40. The van der Waals surface area contributed by atoms with Crippen LogP contribution in [-0.4, -0.2) is 45.2 Å². The van der Waals surface area contributed by atoms with Gasteiger partial charge in [-0.3, -0.25) is 9.59 Å². The first-order chi connectivity index (χ1) is 14.0. The Morgan fingerprint density at radius 1 is 0.966 bits per heavy atom. The van der Waals surface area contributed by atoms with Crippen LogP contribution in [0.1, 0.15) is 15.9 Å². The topological polar surface area (TPSA) is 82.1 Å². The lowest BCUT2D eigenvalue weighted by Gasteiger charge is -2.16. The fraction of sp³-hybridized carbons (Fsp3) is 0.190. The SMILES string of the molecule is COCCOC(=O)c1ccc(N2C(=O)C(Cl)=C(c3ccccc3OC)C2=O)cc1. The Hall–Kier alpha value is -3.16. The fourth-order valence-electron chi connectivity index (χ4n) is 2.87. The van der Waals surface area contributed by atoms with Crippen LogP contribution in [0, 0.1) is 0 Å². The molecule has 0 saturated carbocycles. The van der Waals surface area contributed by atoms with Gasteiger partial charge in [0.1, 0.15) is 17.4 Å². The minimum Gasteiger partial charge on any atom is -0.496 e. The molecule has 2 aromatic carbocycles. The Morgan fingerprint density at radius 2 is 1.66 bits per heavy atom. The van der Waals surface area contributed by atoms with Gasteiger partial charge in [-0.25, -0.2) is 9.69 Å². The number of hydrogen-bond donors (Lipinski definition) is 0. The van der Waals surface area contributed by atoms with Crippen LogP contribution in [0.15, 0.2) is 53.6 Å². The zero-order chi connectivity index (χ0) is 21.0. The van der Waals surface area contributed by atoms with Crippen LogP contribution >= 0.6 is 11.6 Å². The average Bonchev–Trinajstić information content (AvgIpc) is 2.96. The molecule has 0 saturated heterocycles. The number of carbonyl (C=O) groups is 3. The summed E-state index contributed by atoms with van der Waals surface area (Å²) in [5, 5.41) is -0.192. The van der Waals surface area contributed by atoms with Crippen molar-refractivity contribution in [1.82, 2.24) is 0 Å². The van der Waals surface area contributed by atoms with Gasteiger partial charge >= 0.3 is 5.97 Å². The molecule has 29 heavy (non-hydrogen) atoms. The predicted molar refractivity (Wildman–Crippen MR) is 107 cm³/mol. The number of methoxy groups -OCH3 is 2. The van der Waals surface area contributed by atoms with Gasteiger partial charge in [0.2, 0.25) is 0 Å². The highest BCUT2D eigenvalue weighted by Crippen LogP contribution is 2.38. The minimum atomic E-state index is -0.645. The number of carbonyl (C=O) groups excluding carboxylic acids is 3. The van der Waals surface area contributed by atoms with E-state index in [1.165, 1.54) is 38.5 Å². The van der Waals surface area contributed by atoms with E-state index in [2.05, 4.69) is 0 Å². The Morgan fingerprint density at radius 3 is 2.31 bits per heavy atom. The van der Waals surface area contributed by atoms with Gasteiger partial charge in [0.15, 0.2) is 0 Å². The van der Waals surface area contributed by atoms with Crippen molar-refractivity contribution in [1.29, 1.82) is 0 Å². The second-order valence-electron chi connectivity index (χ2n) is 6.01. The Labute approximate surface area is 172 Å². The molecule has 0 aliphatic carbocycles. The van der Waals surface area contributed by atoms with Crippen molar-refractivity contribution < 1.29 is 28.6 Å². The third kappa shape index (κ3) is 4.01. The minimum absolute atomic E-state index is 0.0668. The monoisotopic (exact) mass is 415 g/mol. The standard InChI is InChI=1S/C21H18ClNO6/c1-27-11-12-29-21(26)13-7-9-14(10-8-13)23-19(24)17(18(22)20(23)25)15-5-3-4-6-16(15)28-2/h3-10H,11-12H2,1-2H3. The number of para-hydroxylation sites is 1. The number of nitrogens with zero attached hydrogens (tertiary/aromatic N) is 1. The van der Waals surface area contributed by atoms with Crippen molar-refractivity contribution in [2.45, 2.75) is 0 Å². The molecule has 150 valence electrons. The van der Waals surface area contributed by atoms with Gasteiger partial charge in [-0.05, 0) is 30.3 Å². The van der Waals surface area contributed by atoms with Crippen molar-refractivity contribution in [3.63, 3.8) is 0 Å². The molecule has 3 rings (SSSR count). The molecule has 0 unspecified atom stereocenters. The Bertz CT molecular complexity index is 983. The normalized spacial score (nSPS) is 13.8. The number of anilines is 1. The molecule has 1 heterocycles. The summed E-state index contributed by atoms with van der Waals surface area (Å²) in [5.41, 5.74) is 1.07. The molecular formula is C21H18ClNO6. The summed E-state index contributed by atoms with van der Waals surface area (Å²) in [4.78, 5) is 38.6. The van der Waals surface area contributed by atoms with Gasteiger partial charge in [0, 0.05) is 12.7 Å². The third-order valence-corrected chi connectivity index (χ3v) is 4.64. The summed E-state index contributed by atoms with van der Waals surface area (Å²) in [6.45, 7) is 0.415. The maximum atomic E-state index is 13.0. The van der Waals surface area contributed by atoms with Crippen LogP contribution in [0.3, 0.4) is 0 Å². The van der Waals surface area contributed by atoms with E-state index in [1.807, 2.05) is 0 Å². The molecule has 0 bridgehead atoms. The number of imide groups is 1. The molecule has 0 N–H and O–H groups in total. The summed E-state index contributed by atoms with van der Waals surface area (Å²) in [6, 6.07) is 12.7. The van der Waals surface area contributed by atoms with Crippen LogP contribution in [-0.2, 0) is 19.1 Å². The molecule has 0 fully saturated rings. The third-order valence-electron chi connectivity index (χ3n) is 4.29. The van der Waals surface area contributed by atoms with Gasteiger partial charge < -0.3 is 14.2 Å². The molecule has 2 amide bonds. The molecule has 1 aliphatic heterocycles. The maximum absolute atomic E-state index is 13.0. The number of rotatable bonds is 7. The first kappa shape index (κ1) is 20.6. The van der Waals surface area contributed by atoms with Crippen molar-refractivity contribution in [3.8, 4) is 5.75 Å². The van der Waals surface area contributed by atoms with Crippen molar-refractivity contribution in [3.05, 3.63) is 64.7 Å². The lowest BCUT2D eigenvalue weighted by molar-refractivity contribution is -0.119. The van der Waals surface area contributed by atoms with E-state index in [-0.39, 0.29) is 35.1 Å². The fourth-order valence-corrected chi connectivity index (χ4v) is 3.14. The van der Waals surface area contributed by atoms with Crippen LogP contribution in [0.2, 0.25) is 0 Å². The van der Waals surface area contributed by atoms with Gasteiger partial charge in [-0.1, -0.05) is 29.8 Å². The molecule has 0 aromatic heterocycles. The molecule has 0 spiro atoms. The van der Waals surface area contributed by atoms with Crippen molar-refractivity contribution >= 4 is 40.6 Å². The molecule has 0 radical (unpaired) electrons. The summed E-state index contributed by atoms with van der Waals surface area (Å²) < 4.78 is 15.1. The largest absolute Gasteiger partial charge is 0.496 e. The number of amides is 2.